The normalized spacial score (nSPS) is 14.3. The second-order valence-corrected chi connectivity index (χ2v) is 8.70. The highest BCUT2D eigenvalue weighted by molar-refractivity contribution is 9.10. The maximum atomic E-state index is 12.3. The lowest BCUT2D eigenvalue weighted by atomic mass is 10.1. The Morgan fingerprint density at radius 2 is 1.78 bits per heavy atom. The smallest absolute Gasteiger partial charge is 0.343 e. The lowest BCUT2D eigenvalue weighted by Gasteiger charge is -2.12. The first-order valence-electron chi connectivity index (χ1n) is 9.59. The van der Waals surface area contributed by atoms with Gasteiger partial charge in [0.2, 0.25) is 0 Å². The standard InChI is InChI=1S/C25H17BrCl2O4/c1-30-24-11-15(2-9-22(24)31-14-17-5-8-20(27)13-21(17)28)10-18-12-23(32-25(18)29)16-3-6-19(26)7-4-16/h2-13H,14H2,1H3/b18-10+. The number of hydrogen-bond acceptors (Lipinski definition) is 4. The minimum absolute atomic E-state index is 0.262. The zero-order valence-corrected chi connectivity index (χ0v) is 20.0. The van der Waals surface area contributed by atoms with Gasteiger partial charge in [-0.25, -0.2) is 4.79 Å². The molecule has 0 bridgehead atoms. The Morgan fingerprint density at radius 1 is 1.00 bits per heavy atom. The van der Waals surface area contributed by atoms with Crippen LogP contribution in [0.1, 0.15) is 16.7 Å². The maximum Gasteiger partial charge on any atom is 0.343 e. The number of ether oxygens (including phenoxy) is 3. The van der Waals surface area contributed by atoms with E-state index in [0.29, 0.717) is 32.9 Å². The molecule has 0 saturated heterocycles. The molecule has 0 spiro atoms. The van der Waals surface area contributed by atoms with Crippen LogP contribution in [-0.4, -0.2) is 13.1 Å². The highest BCUT2D eigenvalue weighted by Crippen LogP contribution is 2.33. The third-order valence-electron chi connectivity index (χ3n) is 4.76. The molecule has 3 aromatic rings. The van der Waals surface area contributed by atoms with Crippen molar-refractivity contribution < 1.29 is 19.0 Å². The van der Waals surface area contributed by atoms with Crippen molar-refractivity contribution in [3.05, 3.63) is 104 Å². The van der Waals surface area contributed by atoms with Gasteiger partial charge in [-0.2, -0.15) is 0 Å². The Morgan fingerprint density at radius 3 is 2.50 bits per heavy atom. The molecule has 32 heavy (non-hydrogen) atoms. The Kier molecular flexibility index (Phi) is 6.89. The van der Waals surface area contributed by atoms with Gasteiger partial charge in [0.1, 0.15) is 12.4 Å². The number of carbonyl (C=O) groups excluding carboxylic acids is 1. The topological polar surface area (TPSA) is 44.8 Å². The van der Waals surface area contributed by atoms with Crippen LogP contribution in [0.15, 0.2) is 76.8 Å². The summed E-state index contributed by atoms with van der Waals surface area (Å²) in [5.41, 5.74) is 2.86. The predicted octanol–water partition coefficient (Wildman–Crippen LogP) is 7.32. The quantitative estimate of drug-likeness (QED) is 0.247. The van der Waals surface area contributed by atoms with E-state index >= 15 is 0 Å². The van der Waals surface area contributed by atoms with Gasteiger partial charge in [-0.1, -0.05) is 63.4 Å². The molecular formula is C25H17BrCl2O4. The number of carbonyl (C=O) groups is 1. The van der Waals surface area contributed by atoms with E-state index in [0.717, 1.165) is 21.2 Å². The fourth-order valence-corrected chi connectivity index (χ4v) is 3.84. The summed E-state index contributed by atoms with van der Waals surface area (Å²) in [5, 5.41) is 1.10. The second kappa shape index (κ2) is 9.82. The summed E-state index contributed by atoms with van der Waals surface area (Å²) in [6, 6.07) is 18.2. The summed E-state index contributed by atoms with van der Waals surface area (Å²) in [7, 11) is 1.56. The van der Waals surface area contributed by atoms with E-state index in [1.165, 1.54) is 0 Å². The third-order valence-corrected chi connectivity index (χ3v) is 5.88. The van der Waals surface area contributed by atoms with Crippen LogP contribution in [0.3, 0.4) is 0 Å². The molecule has 0 saturated carbocycles. The Hall–Kier alpha value is -2.73. The van der Waals surface area contributed by atoms with Crippen LogP contribution in [0.4, 0.5) is 0 Å². The van der Waals surface area contributed by atoms with Crippen molar-refractivity contribution in [3.8, 4) is 11.5 Å². The maximum absolute atomic E-state index is 12.3. The van der Waals surface area contributed by atoms with Gasteiger partial charge < -0.3 is 14.2 Å². The van der Waals surface area contributed by atoms with Crippen LogP contribution in [0.5, 0.6) is 11.5 Å². The van der Waals surface area contributed by atoms with Gasteiger partial charge in [-0.15, -0.1) is 0 Å². The molecule has 0 aliphatic carbocycles. The lowest BCUT2D eigenvalue weighted by Crippen LogP contribution is -1.99. The zero-order valence-electron chi connectivity index (χ0n) is 16.9. The number of rotatable bonds is 6. The first-order chi connectivity index (χ1) is 15.4. The van der Waals surface area contributed by atoms with Crippen molar-refractivity contribution in [1.29, 1.82) is 0 Å². The predicted molar refractivity (Wildman–Crippen MR) is 130 cm³/mol. The van der Waals surface area contributed by atoms with Crippen LogP contribution in [-0.2, 0) is 16.1 Å². The molecule has 0 radical (unpaired) electrons. The molecule has 0 amide bonds. The minimum Gasteiger partial charge on any atom is -0.493 e. The molecule has 0 aromatic heterocycles. The molecule has 0 fully saturated rings. The number of halogens is 3. The first-order valence-corrected chi connectivity index (χ1v) is 11.1. The van der Waals surface area contributed by atoms with Crippen molar-refractivity contribution in [3.63, 3.8) is 0 Å². The molecule has 1 aliphatic rings. The lowest BCUT2D eigenvalue weighted by molar-refractivity contribution is -0.130. The van der Waals surface area contributed by atoms with Gasteiger partial charge >= 0.3 is 5.97 Å². The number of hydrogen-bond donors (Lipinski definition) is 0. The van der Waals surface area contributed by atoms with E-state index in [1.807, 2.05) is 36.4 Å². The zero-order chi connectivity index (χ0) is 22.7. The van der Waals surface area contributed by atoms with Crippen molar-refractivity contribution in [2.75, 3.05) is 7.11 Å². The SMILES string of the molecule is COc1cc(/C=C2\C=C(c3ccc(Br)cc3)OC2=O)ccc1OCc1ccc(Cl)cc1Cl. The van der Waals surface area contributed by atoms with Crippen molar-refractivity contribution in [2.24, 2.45) is 0 Å². The van der Waals surface area contributed by atoms with Crippen LogP contribution in [0.2, 0.25) is 10.0 Å². The fraction of sp³-hybridized carbons (Fsp3) is 0.0800. The molecule has 7 heteroatoms. The van der Waals surface area contributed by atoms with Crippen LogP contribution < -0.4 is 9.47 Å². The first kappa shape index (κ1) is 22.5. The number of benzene rings is 3. The van der Waals surface area contributed by atoms with Crippen LogP contribution in [0.25, 0.3) is 11.8 Å². The van der Waals surface area contributed by atoms with Gasteiger partial charge in [-0.05, 0) is 54.1 Å². The summed E-state index contributed by atoms with van der Waals surface area (Å²) >= 11 is 15.6. The van der Waals surface area contributed by atoms with E-state index in [9.17, 15) is 4.79 Å². The monoisotopic (exact) mass is 530 g/mol. The van der Waals surface area contributed by atoms with E-state index in [-0.39, 0.29) is 6.61 Å². The molecule has 3 aromatic carbocycles. The molecule has 0 unspecified atom stereocenters. The molecule has 1 heterocycles. The number of cyclic esters (lactones) is 1. The largest absolute Gasteiger partial charge is 0.493 e. The summed E-state index contributed by atoms with van der Waals surface area (Å²) < 4.78 is 17.7. The molecular weight excluding hydrogens is 515 g/mol. The Balaban J connectivity index is 1.53. The van der Waals surface area contributed by atoms with E-state index in [2.05, 4.69) is 15.9 Å². The molecule has 1 aliphatic heterocycles. The Bertz CT molecular complexity index is 1230. The van der Waals surface area contributed by atoms with Gasteiger partial charge in [0.15, 0.2) is 11.5 Å². The van der Waals surface area contributed by atoms with E-state index in [4.69, 9.17) is 37.4 Å². The number of esters is 1. The highest BCUT2D eigenvalue weighted by Gasteiger charge is 2.22. The average molecular weight is 532 g/mol. The van der Waals surface area contributed by atoms with Crippen molar-refractivity contribution in [2.45, 2.75) is 6.61 Å². The van der Waals surface area contributed by atoms with Gasteiger partial charge in [0.25, 0.3) is 0 Å². The van der Waals surface area contributed by atoms with E-state index in [1.54, 1.807) is 43.5 Å². The van der Waals surface area contributed by atoms with Crippen LogP contribution in [0, 0.1) is 0 Å². The van der Waals surface area contributed by atoms with E-state index < -0.39 is 5.97 Å². The van der Waals surface area contributed by atoms with Crippen LogP contribution >= 0.6 is 39.1 Å². The summed E-state index contributed by atoms with van der Waals surface area (Å²) in [5.74, 6) is 1.20. The molecule has 4 rings (SSSR count). The summed E-state index contributed by atoms with van der Waals surface area (Å²) in [6.07, 6.45) is 3.47. The highest BCUT2D eigenvalue weighted by atomic mass is 79.9. The molecule has 0 atom stereocenters. The van der Waals surface area contributed by atoms with Gasteiger partial charge in [0.05, 0.1) is 12.7 Å². The minimum atomic E-state index is -0.403. The van der Waals surface area contributed by atoms with Gasteiger partial charge in [-0.3, -0.25) is 0 Å². The Labute approximate surface area is 204 Å². The van der Waals surface area contributed by atoms with Crippen molar-refractivity contribution in [1.82, 2.24) is 0 Å². The van der Waals surface area contributed by atoms with Crippen molar-refractivity contribution >= 4 is 56.9 Å². The number of methoxy groups -OCH3 is 1. The average Bonchev–Trinajstić information content (AvgIpc) is 3.14. The molecule has 4 nitrogen and oxygen atoms in total. The summed E-state index contributed by atoms with van der Waals surface area (Å²) in [6.45, 7) is 0.262. The molecule has 162 valence electrons. The third kappa shape index (κ3) is 5.18. The fourth-order valence-electron chi connectivity index (χ4n) is 3.11. The second-order valence-electron chi connectivity index (χ2n) is 6.94. The van der Waals surface area contributed by atoms with Gasteiger partial charge in [0, 0.05) is 25.6 Å². The molecule has 0 N–H and O–H groups in total. The summed E-state index contributed by atoms with van der Waals surface area (Å²) in [4.78, 5) is 12.3.